The fourth-order valence-electron chi connectivity index (χ4n) is 2.14. The molecular weight excluding hydrogens is 280 g/mol. The number of rotatable bonds is 7. The molecule has 0 bridgehead atoms. The summed E-state index contributed by atoms with van der Waals surface area (Å²) in [6.07, 6.45) is 2.49. The molecule has 0 saturated heterocycles. The number of carboxylic acids is 1. The monoisotopic (exact) mass is 300 g/mol. The van der Waals surface area contributed by atoms with Gasteiger partial charge in [-0.1, -0.05) is 55.8 Å². The van der Waals surface area contributed by atoms with Crippen LogP contribution >= 0.6 is 11.8 Å². The third-order valence-corrected chi connectivity index (χ3v) is 4.45. The van der Waals surface area contributed by atoms with Crippen LogP contribution in [0.1, 0.15) is 35.7 Å². The van der Waals surface area contributed by atoms with Crippen molar-refractivity contribution < 1.29 is 9.90 Å². The summed E-state index contributed by atoms with van der Waals surface area (Å²) in [5.74, 6) is 1.32. The van der Waals surface area contributed by atoms with Crippen LogP contribution in [0.3, 0.4) is 0 Å². The van der Waals surface area contributed by atoms with E-state index in [2.05, 4.69) is 19.1 Å². The molecule has 0 fully saturated rings. The van der Waals surface area contributed by atoms with Gasteiger partial charge in [0.05, 0.1) is 5.56 Å². The number of thioether (sulfide) groups is 1. The van der Waals surface area contributed by atoms with Crippen LogP contribution in [0.5, 0.6) is 0 Å². The molecule has 2 rings (SSSR count). The maximum absolute atomic E-state index is 11.3. The highest BCUT2D eigenvalue weighted by Crippen LogP contribution is 2.25. The van der Waals surface area contributed by atoms with Crippen LogP contribution < -0.4 is 0 Å². The smallest absolute Gasteiger partial charge is 0.336 e. The van der Waals surface area contributed by atoms with Gasteiger partial charge in [0.25, 0.3) is 0 Å². The van der Waals surface area contributed by atoms with Gasteiger partial charge in [-0.25, -0.2) is 4.79 Å². The average Bonchev–Trinajstić information content (AvgIpc) is 2.52. The van der Waals surface area contributed by atoms with E-state index in [0.717, 1.165) is 16.9 Å². The lowest BCUT2D eigenvalue weighted by Gasteiger charge is -2.07. The Morgan fingerprint density at radius 2 is 1.81 bits per heavy atom. The largest absolute Gasteiger partial charge is 0.478 e. The first kappa shape index (κ1) is 15.6. The molecule has 2 nitrogen and oxygen atoms in total. The summed E-state index contributed by atoms with van der Waals surface area (Å²) in [5.41, 5.74) is 3.36. The van der Waals surface area contributed by atoms with Crippen molar-refractivity contribution in [3.8, 4) is 11.1 Å². The molecule has 0 atom stereocenters. The van der Waals surface area contributed by atoms with Crippen molar-refractivity contribution >= 4 is 17.7 Å². The number of unbranched alkanes of at least 4 members (excludes halogenated alkanes) is 1. The molecule has 1 N–H and O–H groups in total. The van der Waals surface area contributed by atoms with E-state index >= 15 is 0 Å². The van der Waals surface area contributed by atoms with Crippen molar-refractivity contribution in [3.63, 3.8) is 0 Å². The van der Waals surface area contributed by atoms with Gasteiger partial charge in [0, 0.05) is 5.75 Å². The van der Waals surface area contributed by atoms with Gasteiger partial charge in [-0.2, -0.15) is 11.8 Å². The number of carbonyl (C=O) groups is 1. The van der Waals surface area contributed by atoms with E-state index in [1.807, 2.05) is 36.0 Å². The number of benzene rings is 2. The van der Waals surface area contributed by atoms with Gasteiger partial charge in [0.15, 0.2) is 0 Å². The highest BCUT2D eigenvalue weighted by Gasteiger charge is 2.10. The summed E-state index contributed by atoms with van der Waals surface area (Å²) in [5, 5.41) is 9.24. The molecule has 3 heteroatoms. The number of hydrogen-bond donors (Lipinski definition) is 1. The van der Waals surface area contributed by atoms with E-state index in [0.29, 0.717) is 5.56 Å². The second kappa shape index (κ2) is 7.89. The van der Waals surface area contributed by atoms with Crippen molar-refractivity contribution in [2.45, 2.75) is 25.5 Å². The van der Waals surface area contributed by atoms with Gasteiger partial charge in [-0.05, 0) is 34.9 Å². The summed E-state index contributed by atoms with van der Waals surface area (Å²) < 4.78 is 0. The minimum Gasteiger partial charge on any atom is -0.478 e. The summed E-state index contributed by atoms with van der Waals surface area (Å²) in [6, 6.07) is 15.3. The van der Waals surface area contributed by atoms with E-state index in [9.17, 15) is 9.90 Å². The van der Waals surface area contributed by atoms with Gasteiger partial charge < -0.3 is 5.11 Å². The molecule has 2 aromatic carbocycles. The Kier molecular flexibility index (Phi) is 5.88. The molecule has 0 saturated carbocycles. The highest BCUT2D eigenvalue weighted by molar-refractivity contribution is 7.98. The Bertz CT molecular complexity index is 590. The third-order valence-electron chi connectivity index (χ3n) is 3.33. The first-order valence-corrected chi connectivity index (χ1v) is 8.37. The average molecular weight is 300 g/mol. The van der Waals surface area contributed by atoms with Crippen LogP contribution in [-0.4, -0.2) is 16.8 Å². The summed E-state index contributed by atoms with van der Waals surface area (Å²) in [7, 11) is 0. The van der Waals surface area contributed by atoms with Crippen molar-refractivity contribution in [2.24, 2.45) is 0 Å². The minimum atomic E-state index is -0.884. The normalized spacial score (nSPS) is 10.5. The van der Waals surface area contributed by atoms with Crippen LogP contribution in [0.4, 0.5) is 0 Å². The molecule has 110 valence electrons. The molecular formula is C18H20O2S. The Hall–Kier alpha value is -1.74. The fourth-order valence-corrected chi connectivity index (χ4v) is 3.20. The number of hydrogen-bond acceptors (Lipinski definition) is 2. The van der Waals surface area contributed by atoms with Gasteiger partial charge >= 0.3 is 5.97 Å². The minimum absolute atomic E-state index is 0.350. The Labute approximate surface area is 130 Å². The third kappa shape index (κ3) is 4.36. The van der Waals surface area contributed by atoms with Crippen LogP contribution in [0.15, 0.2) is 48.5 Å². The van der Waals surface area contributed by atoms with Gasteiger partial charge in [0.2, 0.25) is 0 Å². The Balaban J connectivity index is 2.10. The topological polar surface area (TPSA) is 37.3 Å². The summed E-state index contributed by atoms with van der Waals surface area (Å²) in [6.45, 7) is 2.20. The fraction of sp³-hybridized carbons (Fsp3) is 0.278. The van der Waals surface area contributed by atoms with Crippen molar-refractivity contribution in [3.05, 3.63) is 59.7 Å². The lowest BCUT2D eigenvalue weighted by atomic mass is 9.99. The molecule has 0 unspecified atom stereocenters. The van der Waals surface area contributed by atoms with Crippen molar-refractivity contribution in [2.75, 3.05) is 5.75 Å². The van der Waals surface area contributed by atoms with Crippen LogP contribution in [0.2, 0.25) is 0 Å². The zero-order chi connectivity index (χ0) is 15.1. The second-order valence-electron chi connectivity index (χ2n) is 4.95. The van der Waals surface area contributed by atoms with Gasteiger partial charge in [0.1, 0.15) is 0 Å². The van der Waals surface area contributed by atoms with E-state index in [1.54, 1.807) is 12.1 Å². The van der Waals surface area contributed by atoms with Crippen LogP contribution in [0, 0.1) is 0 Å². The predicted octanol–water partition coefficient (Wildman–Crippen LogP) is 5.09. The molecule has 0 spiro atoms. The molecule has 0 aromatic heterocycles. The summed E-state index contributed by atoms with van der Waals surface area (Å²) >= 11 is 1.95. The molecule has 0 aliphatic rings. The van der Waals surface area contributed by atoms with E-state index in [4.69, 9.17) is 0 Å². The Morgan fingerprint density at radius 1 is 1.10 bits per heavy atom. The predicted molar refractivity (Wildman–Crippen MR) is 89.9 cm³/mol. The second-order valence-corrected chi connectivity index (χ2v) is 6.06. The SMILES string of the molecule is CCCCSCc1ccc(-c2ccccc2C(=O)O)cc1. The summed E-state index contributed by atoms with van der Waals surface area (Å²) in [4.78, 5) is 11.3. The first-order valence-electron chi connectivity index (χ1n) is 7.21. The standard InChI is InChI=1S/C18H20O2S/c1-2-3-12-21-13-14-8-10-15(11-9-14)16-6-4-5-7-17(16)18(19)20/h4-11H,2-3,12-13H2,1H3,(H,19,20). The van der Waals surface area contributed by atoms with Crippen molar-refractivity contribution in [1.82, 2.24) is 0 Å². The molecule has 0 heterocycles. The van der Waals surface area contributed by atoms with Crippen LogP contribution in [0.25, 0.3) is 11.1 Å². The van der Waals surface area contributed by atoms with E-state index < -0.39 is 5.97 Å². The van der Waals surface area contributed by atoms with Gasteiger partial charge in [-0.15, -0.1) is 0 Å². The first-order chi connectivity index (χ1) is 10.2. The quantitative estimate of drug-likeness (QED) is 0.724. The Morgan fingerprint density at radius 3 is 2.48 bits per heavy atom. The zero-order valence-corrected chi connectivity index (χ0v) is 13.0. The van der Waals surface area contributed by atoms with Gasteiger partial charge in [-0.3, -0.25) is 0 Å². The van der Waals surface area contributed by atoms with E-state index in [-0.39, 0.29) is 0 Å². The number of aromatic carboxylic acids is 1. The van der Waals surface area contributed by atoms with E-state index in [1.165, 1.54) is 24.2 Å². The molecule has 0 aliphatic carbocycles. The molecule has 0 aliphatic heterocycles. The molecule has 0 radical (unpaired) electrons. The zero-order valence-electron chi connectivity index (χ0n) is 12.2. The molecule has 21 heavy (non-hydrogen) atoms. The molecule has 0 amide bonds. The lowest BCUT2D eigenvalue weighted by molar-refractivity contribution is 0.0697. The molecule has 2 aromatic rings. The maximum Gasteiger partial charge on any atom is 0.336 e. The highest BCUT2D eigenvalue weighted by atomic mass is 32.2. The van der Waals surface area contributed by atoms with Crippen LogP contribution in [-0.2, 0) is 5.75 Å². The van der Waals surface area contributed by atoms with Crippen molar-refractivity contribution in [1.29, 1.82) is 0 Å². The lowest BCUT2D eigenvalue weighted by Crippen LogP contribution is -1.98. The maximum atomic E-state index is 11.3. The number of carboxylic acid groups (broad SMARTS) is 1.